The first-order valence-electron chi connectivity index (χ1n) is 3.27. The predicted molar refractivity (Wildman–Crippen MR) is 43.1 cm³/mol. The first-order chi connectivity index (χ1) is 4.86. The largest absolute Gasteiger partial charge is 0.389 e. The van der Waals surface area contributed by atoms with Crippen LogP contribution in [0.15, 0.2) is 16.8 Å². The fourth-order valence-electron chi connectivity index (χ4n) is 1.15. The van der Waals surface area contributed by atoms with Crippen LogP contribution >= 0.6 is 11.3 Å². The molecule has 1 aliphatic carbocycles. The van der Waals surface area contributed by atoms with Crippen molar-refractivity contribution in [1.29, 1.82) is 0 Å². The lowest BCUT2D eigenvalue weighted by atomic mass is 10.0. The van der Waals surface area contributed by atoms with E-state index in [1.54, 1.807) is 11.3 Å². The van der Waals surface area contributed by atoms with Gasteiger partial charge in [-0.1, -0.05) is 12.2 Å². The van der Waals surface area contributed by atoms with Crippen molar-refractivity contribution in [1.82, 2.24) is 0 Å². The highest BCUT2D eigenvalue weighted by atomic mass is 32.1. The summed E-state index contributed by atoms with van der Waals surface area (Å²) >= 11 is 1.70. The summed E-state index contributed by atoms with van der Waals surface area (Å²) in [5.41, 5.74) is 2.55. The molecule has 2 rings (SSSR count). The van der Waals surface area contributed by atoms with Crippen molar-refractivity contribution in [3.05, 3.63) is 28.0 Å². The molecule has 0 spiro atoms. The second kappa shape index (κ2) is 2.22. The molecule has 2 heteroatoms. The molecular weight excluding hydrogens is 144 g/mol. The Hall–Kier alpha value is -0.600. The Kier molecular flexibility index (Phi) is 1.36. The summed E-state index contributed by atoms with van der Waals surface area (Å²) in [6, 6.07) is 0. The number of aliphatic hydroxyl groups excluding tert-OH is 1. The second-order valence-electron chi connectivity index (χ2n) is 2.48. The lowest BCUT2D eigenvalue weighted by Crippen LogP contribution is -2.09. The Morgan fingerprint density at radius 1 is 1.50 bits per heavy atom. The van der Waals surface area contributed by atoms with Crippen molar-refractivity contribution in [2.45, 2.75) is 12.5 Å². The molecule has 0 saturated heterocycles. The third-order valence-electron chi connectivity index (χ3n) is 1.70. The molecule has 0 aliphatic heterocycles. The molecule has 1 aliphatic rings. The van der Waals surface area contributed by atoms with Gasteiger partial charge in [-0.25, -0.2) is 0 Å². The minimum Gasteiger partial charge on any atom is -0.389 e. The van der Waals surface area contributed by atoms with E-state index in [2.05, 4.69) is 10.8 Å². The summed E-state index contributed by atoms with van der Waals surface area (Å²) in [4.78, 5) is 0. The average molecular weight is 152 g/mol. The van der Waals surface area contributed by atoms with Gasteiger partial charge in [-0.3, -0.25) is 0 Å². The normalized spacial score (nSPS) is 22.7. The van der Waals surface area contributed by atoms with Crippen LogP contribution in [0.25, 0.3) is 6.08 Å². The van der Waals surface area contributed by atoms with Crippen LogP contribution in [0.1, 0.15) is 11.1 Å². The highest BCUT2D eigenvalue weighted by molar-refractivity contribution is 7.08. The predicted octanol–water partition coefficient (Wildman–Crippen LogP) is 1.68. The third-order valence-corrected chi connectivity index (χ3v) is 2.51. The fourth-order valence-corrected chi connectivity index (χ4v) is 1.99. The van der Waals surface area contributed by atoms with Crippen molar-refractivity contribution >= 4 is 17.4 Å². The van der Waals surface area contributed by atoms with Gasteiger partial charge in [0.25, 0.3) is 0 Å². The smallest absolute Gasteiger partial charge is 0.0765 e. The third kappa shape index (κ3) is 0.895. The molecule has 52 valence electrons. The van der Waals surface area contributed by atoms with Crippen LogP contribution in [0, 0.1) is 0 Å². The van der Waals surface area contributed by atoms with E-state index in [1.807, 2.05) is 12.2 Å². The van der Waals surface area contributed by atoms with Crippen molar-refractivity contribution in [3.8, 4) is 0 Å². The number of thiophene rings is 1. The molecule has 0 aromatic carbocycles. The lowest BCUT2D eigenvalue weighted by molar-refractivity contribution is 0.223. The van der Waals surface area contributed by atoms with E-state index in [-0.39, 0.29) is 6.10 Å². The van der Waals surface area contributed by atoms with Crippen LogP contribution in [0.4, 0.5) is 0 Å². The van der Waals surface area contributed by atoms with Gasteiger partial charge in [-0.15, -0.1) is 0 Å². The van der Waals surface area contributed by atoms with Gasteiger partial charge >= 0.3 is 0 Å². The lowest BCUT2D eigenvalue weighted by Gasteiger charge is -2.09. The van der Waals surface area contributed by atoms with Crippen molar-refractivity contribution in [2.24, 2.45) is 0 Å². The van der Waals surface area contributed by atoms with Gasteiger partial charge < -0.3 is 5.11 Å². The van der Waals surface area contributed by atoms with E-state index in [0.717, 1.165) is 6.42 Å². The van der Waals surface area contributed by atoms with Gasteiger partial charge in [0.2, 0.25) is 0 Å². The van der Waals surface area contributed by atoms with Crippen LogP contribution in [-0.4, -0.2) is 11.2 Å². The Bertz CT molecular complexity index is 262. The first-order valence-corrected chi connectivity index (χ1v) is 4.22. The molecule has 1 unspecified atom stereocenters. The molecule has 1 aromatic heterocycles. The van der Waals surface area contributed by atoms with Gasteiger partial charge in [-0.05, 0) is 21.9 Å². The molecule has 0 bridgehead atoms. The molecular formula is C8H8OS. The number of aliphatic hydroxyl groups is 1. The second-order valence-corrected chi connectivity index (χ2v) is 3.23. The maximum atomic E-state index is 9.19. The van der Waals surface area contributed by atoms with Crippen LogP contribution in [0.5, 0.6) is 0 Å². The topological polar surface area (TPSA) is 20.2 Å². The van der Waals surface area contributed by atoms with Crippen molar-refractivity contribution in [3.63, 3.8) is 0 Å². The number of fused-ring (bicyclic) bond motifs is 1. The molecule has 1 atom stereocenters. The van der Waals surface area contributed by atoms with Crippen LogP contribution in [0.2, 0.25) is 0 Å². The molecule has 0 saturated carbocycles. The summed E-state index contributed by atoms with van der Waals surface area (Å²) in [5, 5.41) is 13.4. The molecule has 0 radical (unpaired) electrons. The van der Waals surface area contributed by atoms with E-state index in [0.29, 0.717) is 0 Å². The monoisotopic (exact) mass is 152 g/mol. The maximum Gasteiger partial charge on any atom is 0.0765 e. The van der Waals surface area contributed by atoms with E-state index >= 15 is 0 Å². The van der Waals surface area contributed by atoms with Gasteiger partial charge in [0.1, 0.15) is 0 Å². The van der Waals surface area contributed by atoms with E-state index in [1.165, 1.54) is 11.1 Å². The van der Waals surface area contributed by atoms with Crippen LogP contribution in [0.3, 0.4) is 0 Å². The zero-order valence-electron chi connectivity index (χ0n) is 5.45. The number of rotatable bonds is 0. The highest BCUT2D eigenvalue weighted by Gasteiger charge is 2.10. The standard InChI is InChI=1S/C8H8OS/c9-8-2-1-6-4-10-5-7(6)3-8/h1-2,4-5,8-9H,3H2. The van der Waals surface area contributed by atoms with Gasteiger partial charge in [0.15, 0.2) is 0 Å². The molecule has 0 fully saturated rings. The average Bonchev–Trinajstić information content (AvgIpc) is 2.33. The van der Waals surface area contributed by atoms with E-state index in [9.17, 15) is 5.11 Å². The van der Waals surface area contributed by atoms with Crippen LogP contribution in [-0.2, 0) is 6.42 Å². The summed E-state index contributed by atoms with van der Waals surface area (Å²) in [5.74, 6) is 0. The molecule has 1 nitrogen and oxygen atoms in total. The van der Waals surface area contributed by atoms with E-state index in [4.69, 9.17) is 0 Å². The van der Waals surface area contributed by atoms with Gasteiger partial charge in [0, 0.05) is 6.42 Å². The maximum absolute atomic E-state index is 9.19. The van der Waals surface area contributed by atoms with E-state index < -0.39 is 0 Å². The Labute approximate surface area is 63.6 Å². The minimum atomic E-state index is -0.262. The zero-order chi connectivity index (χ0) is 6.97. The van der Waals surface area contributed by atoms with Crippen LogP contribution < -0.4 is 0 Å². The number of hydrogen-bond donors (Lipinski definition) is 1. The molecule has 1 heterocycles. The quantitative estimate of drug-likeness (QED) is 0.599. The van der Waals surface area contributed by atoms with Crippen molar-refractivity contribution < 1.29 is 5.11 Å². The Balaban J connectivity index is 2.43. The fraction of sp³-hybridized carbons (Fsp3) is 0.250. The Morgan fingerprint density at radius 2 is 2.40 bits per heavy atom. The zero-order valence-corrected chi connectivity index (χ0v) is 6.27. The molecule has 10 heavy (non-hydrogen) atoms. The number of hydrogen-bond acceptors (Lipinski definition) is 2. The first kappa shape index (κ1) is 6.13. The molecule has 1 N–H and O–H groups in total. The van der Waals surface area contributed by atoms with Crippen molar-refractivity contribution in [2.75, 3.05) is 0 Å². The summed E-state index contributed by atoms with van der Waals surface area (Å²) in [7, 11) is 0. The van der Waals surface area contributed by atoms with Gasteiger partial charge in [-0.2, -0.15) is 11.3 Å². The molecule has 1 aromatic rings. The van der Waals surface area contributed by atoms with Gasteiger partial charge in [0.05, 0.1) is 6.10 Å². The Morgan fingerprint density at radius 3 is 3.30 bits per heavy atom. The highest BCUT2D eigenvalue weighted by Crippen LogP contribution is 2.22. The summed E-state index contributed by atoms with van der Waals surface area (Å²) in [6.07, 6.45) is 4.35. The SMILES string of the molecule is OC1C=Cc2cscc2C1. The summed E-state index contributed by atoms with van der Waals surface area (Å²) in [6.45, 7) is 0. The molecule has 0 amide bonds. The minimum absolute atomic E-state index is 0.262. The summed E-state index contributed by atoms with van der Waals surface area (Å²) < 4.78 is 0.